The molecule has 138 valence electrons. The number of amides is 2. The van der Waals surface area contributed by atoms with Crippen molar-refractivity contribution in [1.29, 1.82) is 0 Å². The first-order valence-electron chi connectivity index (χ1n) is 9.36. The highest BCUT2D eigenvalue weighted by Crippen LogP contribution is 2.20. The van der Waals surface area contributed by atoms with Crippen LogP contribution in [0.5, 0.6) is 5.75 Å². The average molecular weight is 346 g/mol. The number of carbonyl (C=O) groups is 2. The minimum Gasteiger partial charge on any atom is -0.494 e. The first kappa shape index (κ1) is 19.3. The van der Waals surface area contributed by atoms with Gasteiger partial charge < -0.3 is 15.0 Å². The first-order valence-corrected chi connectivity index (χ1v) is 9.36. The second-order valence-corrected chi connectivity index (χ2v) is 6.61. The highest BCUT2D eigenvalue weighted by molar-refractivity contribution is 5.87. The molecular formula is C20H30N2O3. The fraction of sp³-hybridized carbons (Fsp3) is 0.600. The zero-order chi connectivity index (χ0) is 18.2. The predicted octanol–water partition coefficient (Wildman–Crippen LogP) is 3.19. The minimum atomic E-state index is -0.325. The summed E-state index contributed by atoms with van der Waals surface area (Å²) >= 11 is 0. The molecule has 1 saturated heterocycles. The van der Waals surface area contributed by atoms with Crippen LogP contribution in [0.1, 0.15) is 57.1 Å². The smallest absolute Gasteiger partial charge is 0.243 e. The molecule has 1 aromatic carbocycles. The Balaban J connectivity index is 1.95. The minimum absolute atomic E-state index is 0.0489. The summed E-state index contributed by atoms with van der Waals surface area (Å²) in [5.74, 6) is 0.877. The number of hydrogen-bond acceptors (Lipinski definition) is 3. The van der Waals surface area contributed by atoms with Gasteiger partial charge in [0.1, 0.15) is 11.8 Å². The van der Waals surface area contributed by atoms with E-state index < -0.39 is 0 Å². The van der Waals surface area contributed by atoms with Crippen molar-refractivity contribution in [2.45, 2.75) is 65.5 Å². The van der Waals surface area contributed by atoms with E-state index in [0.717, 1.165) is 42.6 Å². The van der Waals surface area contributed by atoms with E-state index in [2.05, 4.69) is 12.2 Å². The molecule has 0 spiro atoms. The van der Waals surface area contributed by atoms with Crippen LogP contribution in [0, 0.1) is 6.92 Å². The van der Waals surface area contributed by atoms with Gasteiger partial charge in [0.25, 0.3) is 0 Å². The molecule has 1 fully saturated rings. The monoisotopic (exact) mass is 346 g/mol. The summed E-state index contributed by atoms with van der Waals surface area (Å²) in [6.07, 6.45) is 4.15. The number of benzene rings is 1. The zero-order valence-electron chi connectivity index (χ0n) is 15.6. The van der Waals surface area contributed by atoms with E-state index in [-0.39, 0.29) is 17.9 Å². The van der Waals surface area contributed by atoms with Crippen molar-refractivity contribution in [2.24, 2.45) is 0 Å². The van der Waals surface area contributed by atoms with Gasteiger partial charge in [-0.3, -0.25) is 9.59 Å². The third-order valence-electron chi connectivity index (χ3n) is 4.67. The number of rotatable bonds is 7. The summed E-state index contributed by atoms with van der Waals surface area (Å²) in [5.41, 5.74) is 2.17. The van der Waals surface area contributed by atoms with Crippen LogP contribution in [0.4, 0.5) is 0 Å². The van der Waals surface area contributed by atoms with Gasteiger partial charge in [-0.1, -0.05) is 19.9 Å². The van der Waals surface area contributed by atoms with E-state index in [1.807, 2.05) is 32.0 Å². The Morgan fingerprint density at radius 2 is 2.08 bits per heavy atom. The Bertz CT molecular complexity index is 601. The van der Waals surface area contributed by atoms with Crippen LogP contribution in [-0.2, 0) is 16.1 Å². The molecule has 5 heteroatoms. The van der Waals surface area contributed by atoms with E-state index in [4.69, 9.17) is 4.74 Å². The Morgan fingerprint density at radius 3 is 2.76 bits per heavy atom. The lowest BCUT2D eigenvalue weighted by molar-refractivity contribution is -0.142. The Morgan fingerprint density at radius 1 is 1.28 bits per heavy atom. The van der Waals surface area contributed by atoms with Crippen LogP contribution in [0.15, 0.2) is 18.2 Å². The maximum absolute atomic E-state index is 12.6. The third kappa shape index (κ3) is 5.21. The van der Waals surface area contributed by atoms with Crippen molar-refractivity contribution in [2.75, 3.05) is 13.2 Å². The van der Waals surface area contributed by atoms with Crippen molar-refractivity contribution in [3.63, 3.8) is 0 Å². The molecule has 1 heterocycles. The molecule has 1 aliphatic heterocycles. The lowest BCUT2D eigenvalue weighted by Gasteiger charge is -2.34. The number of nitrogens with one attached hydrogen (secondary N) is 1. The fourth-order valence-corrected chi connectivity index (χ4v) is 3.18. The summed E-state index contributed by atoms with van der Waals surface area (Å²) < 4.78 is 5.63. The molecule has 2 rings (SSSR count). The first-order chi connectivity index (χ1) is 12.1. The second kappa shape index (κ2) is 9.44. The van der Waals surface area contributed by atoms with Gasteiger partial charge in [0.15, 0.2) is 0 Å². The second-order valence-electron chi connectivity index (χ2n) is 6.61. The van der Waals surface area contributed by atoms with E-state index in [1.165, 1.54) is 0 Å². The normalized spacial score (nSPS) is 17.2. The number of likely N-dealkylation sites (tertiary alicyclic amines) is 1. The summed E-state index contributed by atoms with van der Waals surface area (Å²) in [5, 5.41) is 3.01. The van der Waals surface area contributed by atoms with Gasteiger partial charge in [-0.2, -0.15) is 0 Å². The highest BCUT2D eigenvalue weighted by Gasteiger charge is 2.31. The molecule has 1 aromatic rings. The number of ether oxygens (including phenoxy) is 1. The van der Waals surface area contributed by atoms with Crippen molar-refractivity contribution in [3.8, 4) is 5.75 Å². The molecule has 2 amide bonds. The van der Waals surface area contributed by atoms with Crippen LogP contribution in [0.2, 0.25) is 0 Å². The number of carbonyl (C=O) groups excluding carboxylic acids is 2. The maximum Gasteiger partial charge on any atom is 0.243 e. The van der Waals surface area contributed by atoms with E-state index in [1.54, 1.807) is 4.90 Å². The van der Waals surface area contributed by atoms with Gasteiger partial charge in [-0.05, 0) is 55.9 Å². The lowest BCUT2D eigenvalue weighted by atomic mass is 10.0. The molecule has 1 aliphatic rings. The highest BCUT2D eigenvalue weighted by atomic mass is 16.5. The largest absolute Gasteiger partial charge is 0.494 e. The molecule has 1 N–H and O–H groups in total. The van der Waals surface area contributed by atoms with Gasteiger partial charge in [-0.25, -0.2) is 0 Å². The zero-order valence-corrected chi connectivity index (χ0v) is 15.6. The van der Waals surface area contributed by atoms with Gasteiger partial charge >= 0.3 is 0 Å². The molecule has 25 heavy (non-hydrogen) atoms. The molecule has 0 aliphatic carbocycles. The molecular weight excluding hydrogens is 316 g/mol. The summed E-state index contributed by atoms with van der Waals surface area (Å²) in [6.45, 7) is 7.81. The molecule has 0 aromatic heterocycles. The molecule has 1 atom stereocenters. The SMILES string of the molecule is CCCOc1ccc(CNC(=O)C2CCCCN2C(=O)CC)c(C)c1. The lowest BCUT2D eigenvalue weighted by Crippen LogP contribution is -2.51. The fourth-order valence-electron chi connectivity index (χ4n) is 3.18. The van der Waals surface area contributed by atoms with Crippen molar-refractivity contribution >= 4 is 11.8 Å². The number of nitrogens with zero attached hydrogens (tertiary/aromatic N) is 1. The summed E-state index contributed by atoms with van der Waals surface area (Å²) in [4.78, 5) is 26.4. The van der Waals surface area contributed by atoms with Crippen LogP contribution in [-0.4, -0.2) is 35.9 Å². The summed E-state index contributed by atoms with van der Waals surface area (Å²) in [7, 11) is 0. The van der Waals surface area contributed by atoms with Crippen molar-refractivity contribution in [3.05, 3.63) is 29.3 Å². The van der Waals surface area contributed by atoms with Gasteiger partial charge in [0, 0.05) is 19.5 Å². The Hall–Kier alpha value is -2.04. The topological polar surface area (TPSA) is 58.6 Å². The van der Waals surface area contributed by atoms with Crippen LogP contribution in [0.25, 0.3) is 0 Å². The van der Waals surface area contributed by atoms with Gasteiger partial charge in [0.2, 0.25) is 11.8 Å². The molecule has 0 saturated carbocycles. The Labute approximate surface area is 150 Å². The number of hydrogen-bond donors (Lipinski definition) is 1. The number of piperidine rings is 1. The van der Waals surface area contributed by atoms with Crippen LogP contribution >= 0.6 is 0 Å². The van der Waals surface area contributed by atoms with E-state index >= 15 is 0 Å². The molecule has 0 radical (unpaired) electrons. The average Bonchev–Trinajstić information content (AvgIpc) is 2.64. The molecule has 1 unspecified atom stereocenters. The molecule has 0 bridgehead atoms. The number of aryl methyl sites for hydroxylation is 1. The van der Waals surface area contributed by atoms with Crippen LogP contribution in [0.3, 0.4) is 0 Å². The van der Waals surface area contributed by atoms with E-state index in [9.17, 15) is 9.59 Å². The maximum atomic E-state index is 12.6. The Kier molecular flexibility index (Phi) is 7.29. The van der Waals surface area contributed by atoms with Crippen LogP contribution < -0.4 is 10.1 Å². The molecule has 5 nitrogen and oxygen atoms in total. The van der Waals surface area contributed by atoms with Crippen molar-refractivity contribution < 1.29 is 14.3 Å². The van der Waals surface area contributed by atoms with Gasteiger partial charge in [0.05, 0.1) is 6.61 Å². The summed E-state index contributed by atoms with van der Waals surface area (Å²) in [6, 6.07) is 5.62. The van der Waals surface area contributed by atoms with Crippen molar-refractivity contribution in [1.82, 2.24) is 10.2 Å². The quantitative estimate of drug-likeness (QED) is 0.825. The predicted molar refractivity (Wildman–Crippen MR) is 98.5 cm³/mol. The van der Waals surface area contributed by atoms with E-state index in [0.29, 0.717) is 26.1 Å². The van der Waals surface area contributed by atoms with Gasteiger partial charge in [-0.15, -0.1) is 0 Å². The third-order valence-corrected chi connectivity index (χ3v) is 4.67. The standard InChI is InChI=1S/C20H30N2O3/c1-4-12-25-17-10-9-16(15(3)13-17)14-21-20(24)18-8-6-7-11-22(18)19(23)5-2/h9-10,13,18H,4-8,11-12,14H2,1-3H3,(H,21,24).